The molecule has 2 N–H and O–H groups in total. The predicted octanol–water partition coefficient (Wildman–Crippen LogP) is 4.06. The van der Waals surface area contributed by atoms with Gasteiger partial charge in [0.15, 0.2) is 0 Å². The van der Waals surface area contributed by atoms with Crippen LogP contribution in [0.1, 0.15) is 10.4 Å². The molecule has 0 aliphatic carbocycles. The maximum Gasteiger partial charge on any atom is 0.259 e. The van der Waals surface area contributed by atoms with Crippen LogP contribution in [0.5, 0.6) is 5.75 Å². The van der Waals surface area contributed by atoms with Gasteiger partial charge >= 0.3 is 0 Å². The van der Waals surface area contributed by atoms with E-state index >= 15 is 0 Å². The fraction of sp³-hybridized carbons (Fsp3) is 0. The molecular formula is C13H9BrClNO2. The Morgan fingerprint density at radius 1 is 1.22 bits per heavy atom. The number of rotatable bonds is 2. The van der Waals surface area contributed by atoms with Crippen LogP contribution in [0.4, 0.5) is 5.69 Å². The van der Waals surface area contributed by atoms with Crippen molar-refractivity contribution in [2.45, 2.75) is 0 Å². The van der Waals surface area contributed by atoms with Crippen LogP contribution in [0.3, 0.4) is 0 Å². The Hall–Kier alpha value is -1.52. The van der Waals surface area contributed by atoms with Crippen molar-refractivity contribution in [1.29, 1.82) is 0 Å². The van der Waals surface area contributed by atoms with Crippen LogP contribution in [0.15, 0.2) is 46.9 Å². The zero-order valence-corrected chi connectivity index (χ0v) is 11.5. The lowest BCUT2D eigenvalue weighted by Gasteiger charge is -2.08. The van der Waals surface area contributed by atoms with Crippen molar-refractivity contribution in [3.8, 4) is 5.75 Å². The maximum absolute atomic E-state index is 12.0. The minimum atomic E-state index is -0.393. The molecule has 0 spiro atoms. The molecule has 0 aromatic heterocycles. The van der Waals surface area contributed by atoms with Gasteiger partial charge in [-0.05, 0) is 46.3 Å². The lowest BCUT2D eigenvalue weighted by molar-refractivity contribution is 0.102. The molecule has 2 aromatic rings. The summed E-state index contributed by atoms with van der Waals surface area (Å²) in [7, 11) is 0. The molecule has 0 saturated heterocycles. The van der Waals surface area contributed by atoms with Crippen molar-refractivity contribution in [3.05, 3.63) is 57.5 Å². The third-order valence-electron chi connectivity index (χ3n) is 2.33. The first-order valence-electron chi connectivity index (χ1n) is 5.12. The van der Waals surface area contributed by atoms with Gasteiger partial charge in [0.25, 0.3) is 5.91 Å². The highest BCUT2D eigenvalue weighted by molar-refractivity contribution is 9.10. The zero-order chi connectivity index (χ0) is 13.1. The summed E-state index contributed by atoms with van der Waals surface area (Å²) in [5.41, 5.74) is 0.764. The van der Waals surface area contributed by atoms with Crippen LogP contribution >= 0.6 is 27.5 Å². The number of hydrogen-bond acceptors (Lipinski definition) is 2. The fourth-order valence-electron chi connectivity index (χ4n) is 1.45. The minimum Gasteiger partial charge on any atom is -0.507 e. The van der Waals surface area contributed by atoms with E-state index in [0.717, 1.165) is 4.47 Å². The Balaban J connectivity index is 2.27. The van der Waals surface area contributed by atoms with Crippen LogP contribution < -0.4 is 5.32 Å². The summed E-state index contributed by atoms with van der Waals surface area (Å²) in [6.45, 7) is 0. The second-order valence-electron chi connectivity index (χ2n) is 3.60. The highest BCUT2D eigenvalue weighted by Gasteiger charge is 2.12. The van der Waals surface area contributed by atoms with Crippen molar-refractivity contribution in [3.63, 3.8) is 0 Å². The minimum absolute atomic E-state index is 0.0619. The van der Waals surface area contributed by atoms with Crippen molar-refractivity contribution in [2.75, 3.05) is 5.32 Å². The quantitative estimate of drug-likeness (QED) is 0.874. The van der Waals surface area contributed by atoms with Gasteiger partial charge in [-0.25, -0.2) is 0 Å². The highest BCUT2D eigenvalue weighted by Crippen LogP contribution is 2.27. The average Bonchev–Trinajstić information content (AvgIpc) is 2.34. The molecule has 0 atom stereocenters. The number of amides is 1. The number of anilines is 1. The first-order chi connectivity index (χ1) is 8.58. The molecule has 0 saturated carbocycles. The molecule has 0 radical (unpaired) electrons. The summed E-state index contributed by atoms with van der Waals surface area (Å²) in [4.78, 5) is 12.0. The Morgan fingerprint density at radius 3 is 2.67 bits per heavy atom. The first kappa shape index (κ1) is 12.9. The predicted molar refractivity (Wildman–Crippen MR) is 75.2 cm³/mol. The van der Waals surface area contributed by atoms with Crippen LogP contribution in [0.25, 0.3) is 0 Å². The van der Waals surface area contributed by atoms with E-state index in [0.29, 0.717) is 10.7 Å². The smallest absolute Gasteiger partial charge is 0.259 e. The molecule has 0 aliphatic heterocycles. The molecular weight excluding hydrogens is 318 g/mol. The molecule has 0 bridgehead atoms. The summed E-state index contributed by atoms with van der Waals surface area (Å²) < 4.78 is 0.718. The Kier molecular flexibility index (Phi) is 3.89. The molecule has 0 fully saturated rings. The lowest BCUT2D eigenvalue weighted by Crippen LogP contribution is -2.12. The van der Waals surface area contributed by atoms with Gasteiger partial charge in [0.05, 0.1) is 11.3 Å². The molecule has 0 heterocycles. The number of phenolic OH excluding ortho intramolecular Hbond substituents is 1. The monoisotopic (exact) mass is 325 g/mol. The second-order valence-corrected chi connectivity index (χ2v) is 4.89. The van der Waals surface area contributed by atoms with Gasteiger partial charge < -0.3 is 10.4 Å². The van der Waals surface area contributed by atoms with E-state index in [2.05, 4.69) is 21.2 Å². The summed E-state index contributed by atoms with van der Waals surface area (Å²) in [6.07, 6.45) is 0. The van der Waals surface area contributed by atoms with Gasteiger partial charge in [0.1, 0.15) is 5.75 Å². The van der Waals surface area contributed by atoms with Crippen molar-refractivity contribution >= 4 is 39.1 Å². The molecule has 0 unspecified atom stereocenters. The van der Waals surface area contributed by atoms with Gasteiger partial charge in [0.2, 0.25) is 0 Å². The van der Waals surface area contributed by atoms with Crippen LogP contribution in [-0.4, -0.2) is 11.0 Å². The number of para-hydroxylation sites is 1. The summed E-state index contributed by atoms with van der Waals surface area (Å²) in [5.74, 6) is -0.454. The number of phenols is 1. The number of benzene rings is 2. The average molecular weight is 327 g/mol. The number of aromatic hydroxyl groups is 1. The summed E-state index contributed by atoms with van der Waals surface area (Å²) in [6, 6.07) is 11.4. The van der Waals surface area contributed by atoms with Gasteiger partial charge in [0, 0.05) is 9.50 Å². The van der Waals surface area contributed by atoms with Gasteiger partial charge in [-0.3, -0.25) is 4.79 Å². The van der Waals surface area contributed by atoms with Crippen molar-refractivity contribution in [2.24, 2.45) is 0 Å². The topological polar surface area (TPSA) is 49.3 Å². The number of carbonyl (C=O) groups is 1. The van der Waals surface area contributed by atoms with Crippen molar-refractivity contribution < 1.29 is 9.90 Å². The van der Waals surface area contributed by atoms with Gasteiger partial charge in [-0.15, -0.1) is 0 Å². The Labute approximate surface area is 118 Å². The first-order valence-corrected chi connectivity index (χ1v) is 6.29. The summed E-state index contributed by atoms with van der Waals surface area (Å²) in [5, 5.41) is 12.8. The van der Waals surface area contributed by atoms with Crippen LogP contribution in [-0.2, 0) is 0 Å². The Morgan fingerprint density at radius 2 is 1.94 bits per heavy atom. The second kappa shape index (κ2) is 5.42. The highest BCUT2D eigenvalue weighted by atomic mass is 79.9. The molecule has 5 heteroatoms. The molecule has 18 heavy (non-hydrogen) atoms. The molecule has 3 nitrogen and oxygen atoms in total. The molecule has 2 rings (SSSR count). The fourth-order valence-corrected chi connectivity index (χ4v) is 1.97. The van der Waals surface area contributed by atoms with Crippen LogP contribution in [0, 0.1) is 0 Å². The molecule has 92 valence electrons. The van der Waals surface area contributed by atoms with E-state index < -0.39 is 5.91 Å². The van der Waals surface area contributed by atoms with E-state index in [4.69, 9.17) is 11.6 Å². The molecule has 0 aliphatic rings. The van der Waals surface area contributed by atoms with Crippen molar-refractivity contribution in [1.82, 2.24) is 0 Å². The zero-order valence-electron chi connectivity index (χ0n) is 9.15. The number of nitrogens with one attached hydrogen (secondary N) is 1. The van der Waals surface area contributed by atoms with E-state index in [9.17, 15) is 9.90 Å². The normalized spacial score (nSPS) is 10.1. The largest absolute Gasteiger partial charge is 0.507 e. The Bertz CT molecular complexity index is 601. The van der Waals surface area contributed by atoms with E-state index in [1.54, 1.807) is 36.4 Å². The SMILES string of the molecule is O=C(Nc1cc(Cl)ccc1Br)c1ccccc1O. The van der Waals surface area contributed by atoms with E-state index in [1.165, 1.54) is 6.07 Å². The van der Waals surface area contributed by atoms with E-state index in [-0.39, 0.29) is 11.3 Å². The number of hydrogen-bond donors (Lipinski definition) is 2. The third kappa shape index (κ3) is 2.83. The number of carbonyl (C=O) groups excluding carboxylic acids is 1. The molecule has 1 amide bonds. The number of halogens is 2. The van der Waals surface area contributed by atoms with Gasteiger partial charge in [-0.1, -0.05) is 23.7 Å². The maximum atomic E-state index is 12.0. The van der Waals surface area contributed by atoms with Crippen LogP contribution in [0.2, 0.25) is 5.02 Å². The summed E-state index contributed by atoms with van der Waals surface area (Å²) >= 11 is 9.17. The van der Waals surface area contributed by atoms with E-state index in [1.807, 2.05) is 0 Å². The van der Waals surface area contributed by atoms with Gasteiger partial charge in [-0.2, -0.15) is 0 Å². The third-order valence-corrected chi connectivity index (χ3v) is 3.25. The molecule has 2 aromatic carbocycles. The standard InChI is InChI=1S/C13H9BrClNO2/c14-10-6-5-8(15)7-11(10)16-13(18)9-3-1-2-4-12(9)17/h1-7,17H,(H,16,18). The lowest BCUT2D eigenvalue weighted by atomic mass is 10.2.